The van der Waals surface area contributed by atoms with Crippen molar-refractivity contribution in [1.29, 1.82) is 5.26 Å². The van der Waals surface area contributed by atoms with Crippen LogP contribution in [-0.2, 0) is 13.0 Å². The molecule has 28 heavy (non-hydrogen) atoms. The molecule has 1 aromatic carbocycles. The van der Waals surface area contributed by atoms with Gasteiger partial charge in [-0.3, -0.25) is 4.99 Å². The second-order valence-electron chi connectivity index (χ2n) is 6.15. The molecule has 0 radical (unpaired) electrons. The first-order valence-electron chi connectivity index (χ1n) is 9.01. The van der Waals surface area contributed by atoms with Gasteiger partial charge in [-0.1, -0.05) is 18.2 Å². The van der Waals surface area contributed by atoms with E-state index in [2.05, 4.69) is 43.6 Å². The monoisotopic (exact) mass is 393 g/mol. The van der Waals surface area contributed by atoms with Crippen LogP contribution < -0.4 is 16.4 Å². The molecular formula is C20H23N7S. The number of nitrogens with two attached hydrogens (primary N) is 1. The third kappa shape index (κ3) is 4.69. The van der Waals surface area contributed by atoms with Crippen molar-refractivity contribution in [2.45, 2.75) is 19.4 Å². The molecular weight excluding hydrogens is 370 g/mol. The average Bonchev–Trinajstić information content (AvgIpc) is 3.35. The number of aromatic nitrogens is 2. The number of nitrogens with zero attached hydrogens (tertiary/aromatic N) is 4. The van der Waals surface area contributed by atoms with Gasteiger partial charge in [0.1, 0.15) is 17.5 Å². The first-order chi connectivity index (χ1) is 13.7. The summed E-state index contributed by atoms with van der Waals surface area (Å²) < 4.78 is 1.63. The Balaban J connectivity index is 1.55. The van der Waals surface area contributed by atoms with Crippen molar-refractivity contribution in [3.8, 4) is 11.8 Å². The summed E-state index contributed by atoms with van der Waals surface area (Å²) in [6.45, 7) is 1.45. The molecule has 0 saturated carbocycles. The lowest BCUT2D eigenvalue weighted by Gasteiger charge is -2.10. The minimum atomic E-state index is 0.380. The van der Waals surface area contributed by atoms with Gasteiger partial charge in [0.05, 0.1) is 11.4 Å². The molecule has 144 valence electrons. The Morgan fingerprint density at radius 2 is 2.11 bits per heavy atom. The first kappa shape index (κ1) is 19.5. The molecule has 0 saturated heterocycles. The number of anilines is 1. The highest BCUT2D eigenvalue weighted by molar-refractivity contribution is 7.07. The van der Waals surface area contributed by atoms with Gasteiger partial charge in [-0.25, -0.2) is 4.68 Å². The molecule has 4 N–H and O–H groups in total. The lowest BCUT2D eigenvalue weighted by atomic mass is 10.1. The minimum absolute atomic E-state index is 0.380. The number of nitrogen functional groups attached to an aromatic ring is 1. The molecule has 0 fully saturated rings. The fourth-order valence-corrected chi connectivity index (χ4v) is 3.47. The lowest BCUT2D eigenvalue weighted by molar-refractivity contribution is 0.722. The van der Waals surface area contributed by atoms with Gasteiger partial charge in [-0.15, -0.1) is 0 Å². The van der Waals surface area contributed by atoms with Crippen molar-refractivity contribution < 1.29 is 0 Å². The fraction of sp³-hybridized carbons (Fsp3) is 0.250. The van der Waals surface area contributed by atoms with Crippen molar-refractivity contribution in [1.82, 2.24) is 20.4 Å². The molecule has 0 spiro atoms. The summed E-state index contributed by atoms with van der Waals surface area (Å²) in [6.07, 6.45) is 1.46. The molecule has 3 rings (SSSR count). The topological polar surface area (TPSA) is 104 Å². The number of aryl methyl sites for hydroxylation is 1. The van der Waals surface area contributed by atoms with Gasteiger partial charge >= 0.3 is 0 Å². The summed E-state index contributed by atoms with van der Waals surface area (Å²) in [4.78, 5) is 4.23. The van der Waals surface area contributed by atoms with Crippen LogP contribution in [0, 0.1) is 11.3 Å². The summed E-state index contributed by atoms with van der Waals surface area (Å²) >= 11 is 1.68. The van der Waals surface area contributed by atoms with Crippen LogP contribution in [0.25, 0.3) is 5.69 Å². The number of para-hydroxylation sites is 1. The van der Waals surface area contributed by atoms with E-state index in [4.69, 9.17) is 5.73 Å². The molecule has 0 aliphatic heterocycles. The van der Waals surface area contributed by atoms with Gasteiger partial charge in [0.2, 0.25) is 0 Å². The minimum Gasteiger partial charge on any atom is -0.382 e. The summed E-state index contributed by atoms with van der Waals surface area (Å²) in [5.41, 5.74) is 9.38. The second kappa shape index (κ2) is 9.58. The van der Waals surface area contributed by atoms with Crippen LogP contribution in [0.4, 0.5) is 5.82 Å². The maximum atomic E-state index is 9.48. The van der Waals surface area contributed by atoms with Crippen LogP contribution in [0.15, 0.2) is 52.2 Å². The number of aliphatic imine (C=N–C) groups is 1. The van der Waals surface area contributed by atoms with Crippen LogP contribution >= 0.6 is 11.3 Å². The molecule has 0 bridgehead atoms. The molecule has 3 aromatic rings. The van der Waals surface area contributed by atoms with Gasteiger partial charge in [-0.05, 0) is 47.4 Å². The zero-order valence-corrected chi connectivity index (χ0v) is 16.5. The number of nitrogens with one attached hydrogen (secondary N) is 2. The van der Waals surface area contributed by atoms with E-state index in [9.17, 15) is 5.26 Å². The van der Waals surface area contributed by atoms with E-state index < -0.39 is 0 Å². The van der Waals surface area contributed by atoms with E-state index in [1.165, 1.54) is 5.56 Å². The standard InChI is InChI=1S/C20H23N7S/c1-23-20(25-13-15-9-11-28-14-15)24-10-5-8-18-17(12-21)19(22)27(26-18)16-6-3-2-4-7-16/h2-4,6-7,9,11,14H,5,8,10,13,22H2,1H3,(H2,23,24,25). The highest BCUT2D eigenvalue weighted by Gasteiger charge is 2.16. The predicted octanol–water partition coefficient (Wildman–Crippen LogP) is 2.69. The summed E-state index contributed by atoms with van der Waals surface area (Å²) in [6, 6.07) is 13.9. The maximum Gasteiger partial charge on any atom is 0.191 e. The van der Waals surface area contributed by atoms with Crippen LogP contribution in [0.1, 0.15) is 23.2 Å². The maximum absolute atomic E-state index is 9.48. The zero-order valence-electron chi connectivity index (χ0n) is 15.7. The molecule has 0 atom stereocenters. The van der Waals surface area contributed by atoms with E-state index in [1.54, 1.807) is 23.1 Å². The van der Waals surface area contributed by atoms with Gasteiger partial charge < -0.3 is 16.4 Å². The van der Waals surface area contributed by atoms with Crippen LogP contribution in [-0.4, -0.2) is 29.3 Å². The number of thiophene rings is 1. The second-order valence-corrected chi connectivity index (χ2v) is 6.93. The molecule has 0 amide bonds. The van der Waals surface area contributed by atoms with E-state index in [1.807, 2.05) is 30.3 Å². The quantitative estimate of drug-likeness (QED) is 0.325. The fourth-order valence-electron chi connectivity index (χ4n) is 2.80. The average molecular weight is 394 g/mol. The predicted molar refractivity (Wildman–Crippen MR) is 114 cm³/mol. The number of hydrogen-bond donors (Lipinski definition) is 3. The van der Waals surface area contributed by atoms with Gasteiger partial charge in [0.25, 0.3) is 0 Å². The van der Waals surface area contributed by atoms with E-state index in [0.717, 1.165) is 24.6 Å². The van der Waals surface area contributed by atoms with Crippen LogP contribution in [0.3, 0.4) is 0 Å². The molecule has 2 heterocycles. The largest absolute Gasteiger partial charge is 0.382 e. The smallest absolute Gasteiger partial charge is 0.191 e. The molecule has 2 aromatic heterocycles. The van der Waals surface area contributed by atoms with Crippen LogP contribution in [0.2, 0.25) is 0 Å². The number of benzene rings is 1. The van der Waals surface area contributed by atoms with Gasteiger partial charge in [0.15, 0.2) is 5.96 Å². The lowest BCUT2D eigenvalue weighted by Crippen LogP contribution is -2.37. The number of rotatable bonds is 7. The van der Waals surface area contributed by atoms with E-state index in [-0.39, 0.29) is 0 Å². The number of hydrogen-bond acceptors (Lipinski definition) is 5. The number of nitriles is 1. The first-order valence-corrected chi connectivity index (χ1v) is 9.95. The molecule has 0 aliphatic carbocycles. The Labute approximate surface area is 168 Å². The van der Waals surface area contributed by atoms with Crippen molar-refractivity contribution in [3.63, 3.8) is 0 Å². The molecule has 7 nitrogen and oxygen atoms in total. The highest BCUT2D eigenvalue weighted by Crippen LogP contribution is 2.21. The van der Waals surface area contributed by atoms with E-state index in [0.29, 0.717) is 30.0 Å². The third-order valence-corrected chi connectivity index (χ3v) is 4.98. The van der Waals surface area contributed by atoms with Crippen molar-refractivity contribution in [2.75, 3.05) is 19.3 Å². The summed E-state index contributed by atoms with van der Waals surface area (Å²) in [5, 5.41) is 24.8. The molecule has 8 heteroatoms. The van der Waals surface area contributed by atoms with Crippen molar-refractivity contribution in [2.24, 2.45) is 4.99 Å². The Kier molecular flexibility index (Phi) is 6.65. The summed E-state index contributed by atoms with van der Waals surface area (Å²) in [7, 11) is 1.75. The van der Waals surface area contributed by atoms with Gasteiger partial charge in [0, 0.05) is 20.1 Å². The Hall–Kier alpha value is -3.31. The normalized spacial score (nSPS) is 11.2. The third-order valence-electron chi connectivity index (χ3n) is 4.25. The Morgan fingerprint density at radius 1 is 1.29 bits per heavy atom. The SMILES string of the molecule is CN=C(NCCCc1nn(-c2ccccc2)c(N)c1C#N)NCc1ccsc1. The van der Waals surface area contributed by atoms with Crippen LogP contribution in [0.5, 0.6) is 0 Å². The molecule has 0 unspecified atom stereocenters. The van der Waals surface area contributed by atoms with Gasteiger partial charge in [-0.2, -0.15) is 21.7 Å². The zero-order chi connectivity index (χ0) is 19.8. The van der Waals surface area contributed by atoms with E-state index >= 15 is 0 Å². The molecule has 0 aliphatic rings. The Morgan fingerprint density at radius 3 is 2.79 bits per heavy atom. The highest BCUT2D eigenvalue weighted by atomic mass is 32.1. The summed E-state index contributed by atoms with van der Waals surface area (Å²) in [5.74, 6) is 1.13. The van der Waals surface area contributed by atoms with Crippen molar-refractivity contribution >= 4 is 23.1 Å². The van der Waals surface area contributed by atoms with Crippen molar-refractivity contribution in [3.05, 3.63) is 64.0 Å². The number of guanidine groups is 1. The Bertz CT molecular complexity index is 953.